The standard InChI is InChI=1S/C24H25ClN2O5S/c1-3-32-23-13-12-21(16-22(23)27-24(28)18-6-8-19(25)9-7-18)33(29,30)26-15-14-17-4-10-20(31-2)11-5-17/h4-13,16,26H,3,14-15H2,1-2H3,(H,27,28). The number of methoxy groups -OCH3 is 1. The zero-order valence-electron chi connectivity index (χ0n) is 18.3. The van der Waals surface area contributed by atoms with E-state index in [0.29, 0.717) is 29.4 Å². The van der Waals surface area contributed by atoms with Gasteiger partial charge in [0.15, 0.2) is 0 Å². The Morgan fingerprint density at radius 1 is 1.00 bits per heavy atom. The third kappa shape index (κ3) is 6.71. The first-order valence-corrected chi connectivity index (χ1v) is 12.1. The van der Waals surface area contributed by atoms with Crippen molar-refractivity contribution < 1.29 is 22.7 Å². The number of sulfonamides is 1. The summed E-state index contributed by atoms with van der Waals surface area (Å²) < 4.78 is 39.0. The molecule has 1 amide bonds. The molecule has 3 rings (SSSR count). The Labute approximate surface area is 198 Å². The van der Waals surface area contributed by atoms with Crippen LogP contribution in [-0.4, -0.2) is 34.6 Å². The molecule has 0 aliphatic carbocycles. The van der Waals surface area contributed by atoms with Crippen LogP contribution in [0.5, 0.6) is 11.5 Å². The van der Waals surface area contributed by atoms with Gasteiger partial charge in [0.1, 0.15) is 11.5 Å². The number of benzene rings is 3. The van der Waals surface area contributed by atoms with Crippen molar-refractivity contribution in [2.75, 3.05) is 25.6 Å². The maximum absolute atomic E-state index is 12.8. The quantitative estimate of drug-likeness (QED) is 0.437. The number of ether oxygens (including phenoxy) is 2. The molecule has 0 heterocycles. The van der Waals surface area contributed by atoms with E-state index in [4.69, 9.17) is 21.1 Å². The van der Waals surface area contributed by atoms with E-state index in [9.17, 15) is 13.2 Å². The Hall–Kier alpha value is -3.07. The SMILES string of the molecule is CCOc1ccc(S(=O)(=O)NCCc2ccc(OC)cc2)cc1NC(=O)c1ccc(Cl)cc1. The summed E-state index contributed by atoms with van der Waals surface area (Å²) in [5.41, 5.74) is 1.61. The lowest BCUT2D eigenvalue weighted by Crippen LogP contribution is -2.26. The lowest BCUT2D eigenvalue weighted by molar-refractivity contribution is 0.102. The molecule has 0 aliphatic rings. The Kier molecular flexibility index (Phi) is 8.32. The average molecular weight is 489 g/mol. The molecule has 0 saturated heterocycles. The molecular formula is C24H25ClN2O5S. The lowest BCUT2D eigenvalue weighted by Gasteiger charge is -2.14. The molecule has 0 aromatic heterocycles. The van der Waals surface area contributed by atoms with Gasteiger partial charge in [-0.2, -0.15) is 0 Å². The average Bonchev–Trinajstić information content (AvgIpc) is 2.81. The zero-order chi connectivity index (χ0) is 23.8. The van der Waals surface area contributed by atoms with Gasteiger partial charge in [0.05, 0.1) is 24.3 Å². The number of amides is 1. The molecular weight excluding hydrogens is 464 g/mol. The van der Waals surface area contributed by atoms with Gasteiger partial charge in [0.25, 0.3) is 5.91 Å². The number of nitrogens with one attached hydrogen (secondary N) is 2. The van der Waals surface area contributed by atoms with Crippen LogP contribution in [0.25, 0.3) is 0 Å². The van der Waals surface area contributed by atoms with Crippen LogP contribution in [0.3, 0.4) is 0 Å². The third-order valence-corrected chi connectivity index (χ3v) is 6.49. The highest BCUT2D eigenvalue weighted by atomic mass is 35.5. The largest absolute Gasteiger partial charge is 0.497 e. The molecule has 0 spiro atoms. The van der Waals surface area contributed by atoms with Crippen molar-refractivity contribution in [3.63, 3.8) is 0 Å². The molecule has 0 atom stereocenters. The highest BCUT2D eigenvalue weighted by Crippen LogP contribution is 2.28. The van der Waals surface area contributed by atoms with E-state index in [-0.39, 0.29) is 17.1 Å². The van der Waals surface area contributed by atoms with E-state index < -0.39 is 15.9 Å². The summed E-state index contributed by atoms with van der Waals surface area (Å²) >= 11 is 5.88. The van der Waals surface area contributed by atoms with Crippen LogP contribution in [-0.2, 0) is 16.4 Å². The summed E-state index contributed by atoms with van der Waals surface area (Å²) in [6, 6.07) is 18.1. The monoisotopic (exact) mass is 488 g/mol. The van der Waals surface area contributed by atoms with E-state index in [1.807, 2.05) is 24.3 Å². The van der Waals surface area contributed by atoms with E-state index >= 15 is 0 Å². The molecule has 0 bridgehead atoms. The van der Waals surface area contributed by atoms with Crippen molar-refractivity contribution in [1.29, 1.82) is 0 Å². The van der Waals surface area contributed by atoms with Gasteiger partial charge in [-0.3, -0.25) is 4.79 Å². The molecule has 0 aliphatic heterocycles. The van der Waals surface area contributed by atoms with E-state index in [0.717, 1.165) is 11.3 Å². The van der Waals surface area contributed by atoms with E-state index in [2.05, 4.69) is 10.0 Å². The number of carbonyl (C=O) groups excluding carboxylic acids is 1. The number of halogens is 1. The maximum atomic E-state index is 12.8. The molecule has 33 heavy (non-hydrogen) atoms. The van der Waals surface area contributed by atoms with Gasteiger partial charge in [0.2, 0.25) is 10.0 Å². The van der Waals surface area contributed by atoms with Crippen molar-refractivity contribution in [2.45, 2.75) is 18.2 Å². The molecule has 2 N–H and O–H groups in total. The summed E-state index contributed by atoms with van der Waals surface area (Å²) in [5.74, 6) is 0.702. The molecule has 3 aromatic rings. The van der Waals surface area contributed by atoms with Crippen LogP contribution in [0.2, 0.25) is 5.02 Å². The molecule has 3 aromatic carbocycles. The number of hydrogen-bond acceptors (Lipinski definition) is 5. The van der Waals surface area contributed by atoms with Gasteiger partial charge < -0.3 is 14.8 Å². The molecule has 0 unspecified atom stereocenters. The van der Waals surface area contributed by atoms with Crippen molar-refractivity contribution in [1.82, 2.24) is 4.72 Å². The van der Waals surface area contributed by atoms with Crippen molar-refractivity contribution in [3.05, 3.63) is 82.9 Å². The Morgan fingerprint density at radius 3 is 2.33 bits per heavy atom. The fourth-order valence-electron chi connectivity index (χ4n) is 3.06. The van der Waals surface area contributed by atoms with Gasteiger partial charge in [-0.05, 0) is 73.5 Å². The summed E-state index contributed by atoms with van der Waals surface area (Å²) in [7, 11) is -2.21. The third-order valence-electron chi connectivity index (χ3n) is 4.78. The summed E-state index contributed by atoms with van der Waals surface area (Å²) in [4.78, 5) is 12.7. The van der Waals surface area contributed by atoms with Crippen LogP contribution < -0.4 is 19.5 Å². The van der Waals surface area contributed by atoms with E-state index in [1.165, 1.54) is 18.2 Å². The first-order chi connectivity index (χ1) is 15.8. The Balaban J connectivity index is 1.74. The summed E-state index contributed by atoms with van der Waals surface area (Å²) in [6.45, 7) is 2.38. The first-order valence-electron chi connectivity index (χ1n) is 10.3. The molecule has 9 heteroatoms. The minimum Gasteiger partial charge on any atom is -0.497 e. The lowest BCUT2D eigenvalue weighted by atomic mass is 10.1. The van der Waals surface area contributed by atoms with Crippen LogP contribution >= 0.6 is 11.6 Å². The van der Waals surface area contributed by atoms with E-state index in [1.54, 1.807) is 38.3 Å². The molecule has 0 saturated carbocycles. The van der Waals surface area contributed by atoms with Crippen molar-refractivity contribution in [2.24, 2.45) is 0 Å². The minimum absolute atomic E-state index is 0.0205. The highest BCUT2D eigenvalue weighted by Gasteiger charge is 2.18. The smallest absolute Gasteiger partial charge is 0.255 e. The minimum atomic E-state index is -3.80. The first kappa shape index (κ1) is 24.6. The second-order valence-electron chi connectivity index (χ2n) is 7.05. The molecule has 0 fully saturated rings. The zero-order valence-corrected chi connectivity index (χ0v) is 19.9. The second-order valence-corrected chi connectivity index (χ2v) is 9.25. The topological polar surface area (TPSA) is 93.7 Å². The molecule has 0 radical (unpaired) electrons. The predicted molar refractivity (Wildman–Crippen MR) is 129 cm³/mol. The van der Waals surface area contributed by atoms with Crippen molar-refractivity contribution in [3.8, 4) is 11.5 Å². The second kappa shape index (κ2) is 11.2. The van der Waals surface area contributed by atoms with Crippen LogP contribution in [0.1, 0.15) is 22.8 Å². The van der Waals surface area contributed by atoms with Gasteiger partial charge >= 0.3 is 0 Å². The maximum Gasteiger partial charge on any atom is 0.255 e. The predicted octanol–water partition coefficient (Wildman–Crippen LogP) is 4.52. The van der Waals surface area contributed by atoms with Gasteiger partial charge in [-0.25, -0.2) is 13.1 Å². The fourth-order valence-corrected chi connectivity index (χ4v) is 4.24. The number of rotatable bonds is 10. The van der Waals surface area contributed by atoms with Gasteiger partial charge in [0, 0.05) is 17.1 Å². The Morgan fingerprint density at radius 2 is 1.70 bits per heavy atom. The van der Waals surface area contributed by atoms with Crippen LogP contribution in [0, 0.1) is 0 Å². The van der Waals surface area contributed by atoms with Crippen molar-refractivity contribution >= 4 is 33.2 Å². The van der Waals surface area contributed by atoms with Crippen LogP contribution in [0.15, 0.2) is 71.6 Å². The fraction of sp³-hybridized carbons (Fsp3) is 0.208. The molecule has 174 valence electrons. The number of carbonyl (C=O) groups is 1. The number of hydrogen-bond donors (Lipinski definition) is 2. The normalized spacial score (nSPS) is 11.1. The number of anilines is 1. The summed E-state index contributed by atoms with van der Waals surface area (Å²) in [6.07, 6.45) is 0.514. The Bertz CT molecular complexity index is 1200. The van der Waals surface area contributed by atoms with Gasteiger partial charge in [-0.15, -0.1) is 0 Å². The summed E-state index contributed by atoms with van der Waals surface area (Å²) in [5, 5.41) is 3.23. The molecule has 7 nitrogen and oxygen atoms in total. The van der Waals surface area contributed by atoms with Gasteiger partial charge in [-0.1, -0.05) is 23.7 Å². The highest BCUT2D eigenvalue weighted by molar-refractivity contribution is 7.89. The van der Waals surface area contributed by atoms with Crippen LogP contribution in [0.4, 0.5) is 5.69 Å².